The van der Waals surface area contributed by atoms with Crippen molar-refractivity contribution in [3.63, 3.8) is 0 Å². The number of carbonyl (C=O) groups is 2. The van der Waals surface area contributed by atoms with Gasteiger partial charge in [-0.25, -0.2) is 4.39 Å². The fraction of sp³-hybridized carbons (Fsp3) is 0.421. The number of aliphatic hydroxyl groups excluding tert-OH is 1. The highest BCUT2D eigenvalue weighted by Crippen LogP contribution is 2.42. The molecular formula is C19H21FN4O4. The number of aromatic amines is 1. The molecule has 2 fully saturated rings. The molecule has 2 saturated heterocycles. The maximum atomic E-state index is 12.9. The number of likely N-dealkylation sites (tertiary alicyclic amines) is 2. The third kappa shape index (κ3) is 3.33. The van der Waals surface area contributed by atoms with E-state index in [1.807, 2.05) is 0 Å². The lowest BCUT2D eigenvalue weighted by Gasteiger charge is -2.27. The van der Waals surface area contributed by atoms with Gasteiger partial charge in [0.2, 0.25) is 0 Å². The maximum absolute atomic E-state index is 12.9. The molecular weight excluding hydrogens is 367 g/mol. The van der Waals surface area contributed by atoms with Crippen LogP contribution in [0.15, 0.2) is 36.5 Å². The summed E-state index contributed by atoms with van der Waals surface area (Å²) >= 11 is 0. The van der Waals surface area contributed by atoms with Gasteiger partial charge in [-0.1, -0.05) is 0 Å². The lowest BCUT2D eigenvalue weighted by molar-refractivity contribution is -0.133. The van der Waals surface area contributed by atoms with Crippen molar-refractivity contribution in [3.05, 3.63) is 48.0 Å². The zero-order valence-corrected chi connectivity index (χ0v) is 15.2. The highest BCUT2D eigenvalue weighted by molar-refractivity contribution is 5.92. The van der Waals surface area contributed by atoms with Gasteiger partial charge in [0.1, 0.15) is 17.3 Å². The van der Waals surface area contributed by atoms with Gasteiger partial charge in [0.25, 0.3) is 11.8 Å². The number of H-pyrrole nitrogens is 1. The Morgan fingerprint density at radius 2 is 1.93 bits per heavy atom. The first-order valence-corrected chi connectivity index (χ1v) is 9.06. The Kier molecular flexibility index (Phi) is 4.76. The number of halogens is 1. The van der Waals surface area contributed by atoms with E-state index >= 15 is 0 Å². The van der Waals surface area contributed by atoms with E-state index in [4.69, 9.17) is 4.74 Å². The van der Waals surface area contributed by atoms with Crippen molar-refractivity contribution in [2.45, 2.75) is 0 Å². The smallest absolute Gasteiger partial charge is 0.271 e. The fourth-order valence-corrected chi connectivity index (χ4v) is 4.06. The van der Waals surface area contributed by atoms with Gasteiger partial charge >= 0.3 is 0 Å². The highest BCUT2D eigenvalue weighted by atomic mass is 19.1. The Balaban J connectivity index is 1.37. The highest BCUT2D eigenvalue weighted by Gasteiger charge is 2.54. The molecule has 2 aliphatic heterocycles. The molecule has 0 saturated carbocycles. The molecule has 2 aromatic rings. The minimum Gasteiger partial charge on any atom is -0.484 e. The van der Waals surface area contributed by atoms with E-state index in [1.165, 1.54) is 30.5 Å². The molecule has 28 heavy (non-hydrogen) atoms. The van der Waals surface area contributed by atoms with E-state index in [-0.39, 0.29) is 36.8 Å². The summed E-state index contributed by atoms with van der Waals surface area (Å²) in [5, 5.41) is 16.5. The molecule has 2 N–H and O–H groups in total. The van der Waals surface area contributed by atoms with Gasteiger partial charge in [0.05, 0.1) is 6.61 Å². The molecule has 1 aromatic carbocycles. The summed E-state index contributed by atoms with van der Waals surface area (Å²) in [6.07, 6.45) is 1.52. The van der Waals surface area contributed by atoms with Gasteiger partial charge in [0.15, 0.2) is 6.61 Å². The second kappa shape index (κ2) is 7.23. The summed E-state index contributed by atoms with van der Waals surface area (Å²) in [4.78, 5) is 28.4. The zero-order valence-electron chi connectivity index (χ0n) is 15.2. The van der Waals surface area contributed by atoms with E-state index in [1.54, 1.807) is 15.9 Å². The van der Waals surface area contributed by atoms with Crippen LogP contribution in [-0.4, -0.2) is 76.3 Å². The van der Waals surface area contributed by atoms with Crippen molar-refractivity contribution in [3.8, 4) is 5.75 Å². The molecule has 2 aliphatic rings. The zero-order chi connectivity index (χ0) is 19.7. The van der Waals surface area contributed by atoms with Crippen molar-refractivity contribution in [2.24, 2.45) is 11.3 Å². The number of carbonyl (C=O) groups excluding carboxylic acids is 2. The number of fused-ring (bicyclic) bond motifs is 1. The maximum Gasteiger partial charge on any atom is 0.271 e. The number of amides is 2. The number of benzene rings is 1. The summed E-state index contributed by atoms with van der Waals surface area (Å²) in [7, 11) is 0. The quantitative estimate of drug-likeness (QED) is 0.778. The summed E-state index contributed by atoms with van der Waals surface area (Å²) in [5.41, 5.74) is -0.116. The number of hydrogen-bond donors (Lipinski definition) is 2. The molecule has 1 aromatic heterocycles. The molecule has 2 atom stereocenters. The Morgan fingerprint density at radius 3 is 2.57 bits per heavy atom. The molecule has 0 aliphatic carbocycles. The fourth-order valence-electron chi connectivity index (χ4n) is 4.06. The van der Waals surface area contributed by atoms with Gasteiger partial charge in [-0.3, -0.25) is 14.7 Å². The van der Waals surface area contributed by atoms with Crippen molar-refractivity contribution >= 4 is 11.8 Å². The van der Waals surface area contributed by atoms with Gasteiger partial charge in [-0.15, -0.1) is 0 Å². The number of nitrogens with one attached hydrogen (secondary N) is 1. The first kappa shape index (κ1) is 18.4. The standard InChI is InChI=1S/C19H21FN4O4/c20-14-1-3-15(4-2-14)28-9-17(26)23-7-13-8-24(11-19(13,10-23)12-25)18(27)16-5-6-21-22-16/h1-6,13,25H,7-12H2,(H,21,22)/t13-,19+/m1/s1. The van der Waals surface area contributed by atoms with Crippen molar-refractivity contribution in [2.75, 3.05) is 39.4 Å². The van der Waals surface area contributed by atoms with Crippen molar-refractivity contribution in [1.82, 2.24) is 20.0 Å². The van der Waals surface area contributed by atoms with Crippen molar-refractivity contribution in [1.29, 1.82) is 0 Å². The minimum atomic E-state index is -0.527. The number of aromatic nitrogens is 2. The van der Waals surface area contributed by atoms with Crippen LogP contribution in [0.1, 0.15) is 10.5 Å². The Morgan fingerprint density at radius 1 is 1.21 bits per heavy atom. The number of nitrogens with zero attached hydrogens (tertiary/aromatic N) is 3. The van der Waals surface area contributed by atoms with E-state index < -0.39 is 5.41 Å². The van der Waals surface area contributed by atoms with Crippen LogP contribution in [0.4, 0.5) is 4.39 Å². The van der Waals surface area contributed by atoms with Gasteiger partial charge in [0, 0.05) is 43.7 Å². The van der Waals surface area contributed by atoms with Crippen LogP contribution in [0.5, 0.6) is 5.75 Å². The number of ether oxygens (including phenoxy) is 1. The van der Waals surface area contributed by atoms with Crippen LogP contribution in [0, 0.1) is 17.2 Å². The second-order valence-electron chi connectivity index (χ2n) is 7.39. The summed E-state index contributed by atoms with van der Waals surface area (Å²) < 4.78 is 18.4. The van der Waals surface area contributed by atoms with Crippen LogP contribution in [0.25, 0.3) is 0 Å². The van der Waals surface area contributed by atoms with Crippen LogP contribution >= 0.6 is 0 Å². The molecule has 148 valence electrons. The molecule has 0 radical (unpaired) electrons. The predicted octanol–water partition coefficient (Wildman–Crippen LogP) is 0.521. The van der Waals surface area contributed by atoms with Crippen LogP contribution in [0.3, 0.4) is 0 Å². The molecule has 2 amide bonds. The van der Waals surface area contributed by atoms with E-state index in [0.29, 0.717) is 37.6 Å². The molecule has 0 spiro atoms. The van der Waals surface area contributed by atoms with Crippen LogP contribution < -0.4 is 4.74 Å². The van der Waals surface area contributed by atoms with Gasteiger partial charge in [-0.05, 0) is 30.3 Å². The molecule has 4 rings (SSSR count). The van der Waals surface area contributed by atoms with E-state index in [2.05, 4.69) is 10.2 Å². The average Bonchev–Trinajstić information content (AvgIpc) is 3.41. The van der Waals surface area contributed by atoms with Gasteiger partial charge in [-0.2, -0.15) is 5.10 Å². The summed E-state index contributed by atoms with van der Waals surface area (Å²) in [6.45, 7) is 1.42. The Labute approximate surface area is 160 Å². The second-order valence-corrected chi connectivity index (χ2v) is 7.39. The van der Waals surface area contributed by atoms with Crippen LogP contribution in [-0.2, 0) is 4.79 Å². The molecule has 8 nitrogen and oxygen atoms in total. The van der Waals surface area contributed by atoms with E-state index in [0.717, 1.165) is 0 Å². The Hall–Kier alpha value is -2.94. The summed E-state index contributed by atoms with van der Waals surface area (Å²) in [6, 6.07) is 7.09. The molecule has 3 heterocycles. The number of aliphatic hydroxyl groups is 1. The first-order valence-electron chi connectivity index (χ1n) is 9.06. The molecule has 0 unspecified atom stereocenters. The first-order chi connectivity index (χ1) is 13.5. The largest absolute Gasteiger partial charge is 0.484 e. The van der Waals surface area contributed by atoms with Crippen LogP contribution in [0.2, 0.25) is 0 Å². The molecule has 0 bridgehead atoms. The molecule has 9 heteroatoms. The van der Waals surface area contributed by atoms with E-state index in [9.17, 15) is 19.1 Å². The third-order valence-electron chi connectivity index (χ3n) is 5.62. The number of hydrogen-bond acceptors (Lipinski definition) is 5. The lowest BCUT2D eigenvalue weighted by Crippen LogP contribution is -2.41. The number of rotatable bonds is 5. The van der Waals surface area contributed by atoms with Crippen molar-refractivity contribution < 1.29 is 23.8 Å². The SMILES string of the molecule is O=C(COc1ccc(F)cc1)N1C[C@@H]2CN(C(=O)c3ccn[nH]3)C[C@]2(CO)C1. The minimum absolute atomic E-state index is 0.000794. The normalized spacial score (nSPS) is 23.7. The monoisotopic (exact) mass is 388 g/mol. The summed E-state index contributed by atoms with van der Waals surface area (Å²) in [5.74, 6) is -0.304. The average molecular weight is 388 g/mol. The Bertz CT molecular complexity index is 857. The van der Waals surface area contributed by atoms with Gasteiger partial charge < -0.3 is 19.6 Å². The predicted molar refractivity (Wildman–Crippen MR) is 96.0 cm³/mol. The third-order valence-corrected chi connectivity index (χ3v) is 5.62. The lowest BCUT2D eigenvalue weighted by atomic mass is 9.82. The topological polar surface area (TPSA) is 98.8 Å².